The molecule has 4 rings (SSSR count). The number of carbonyl (C=O) groups excluding carboxylic acids is 1. The Hall–Kier alpha value is -1.84. The highest BCUT2D eigenvalue weighted by Crippen LogP contribution is 2.42. The van der Waals surface area contributed by atoms with Gasteiger partial charge in [-0.1, -0.05) is 41.9 Å². The zero-order chi connectivity index (χ0) is 14.4. The van der Waals surface area contributed by atoms with Crippen LogP contribution in [-0.4, -0.2) is 24.0 Å². The molecule has 2 bridgehead atoms. The van der Waals surface area contributed by atoms with Crippen LogP contribution in [0.3, 0.4) is 0 Å². The topological polar surface area (TPSA) is 23.6 Å². The fraction of sp³-hybridized carbons (Fsp3) is 0.235. The molecule has 1 amide bonds. The summed E-state index contributed by atoms with van der Waals surface area (Å²) in [4.78, 5) is 16.4. The number of carbonyl (C=O) groups is 1. The maximum absolute atomic E-state index is 12.2. The Bertz CT molecular complexity index is 701. The number of rotatable bonds is 1. The van der Waals surface area contributed by atoms with E-state index in [2.05, 4.69) is 29.2 Å². The van der Waals surface area contributed by atoms with Gasteiger partial charge >= 0.3 is 0 Å². The summed E-state index contributed by atoms with van der Waals surface area (Å²) in [6, 6.07) is 16.4. The molecule has 0 spiro atoms. The van der Waals surface area contributed by atoms with Gasteiger partial charge < -0.3 is 0 Å². The molecule has 1 saturated heterocycles. The van der Waals surface area contributed by atoms with Crippen LogP contribution < -0.4 is 4.90 Å². The largest absolute Gasteiger partial charge is 0.299 e. The zero-order valence-electron chi connectivity index (χ0n) is 11.5. The second-order valence-corrected chi connectivity index (χ2v) is 5.98. The lowest BCUT2D eigenvalue weighted by atomic mass is 9.92. The second-order valence-electron chi connectivity index (χ2n) is 5.54. The lowest BCUT2D eigenvalue weighted by Gasteiger charge is -2.46. The van der Waals surface area contributed by atoms with Crippen molar-refractivity contribution in [2.24, 2.45) is 0 Å². The van der Waals surface area contributed by atoms with Gasteiger partial charge in [0.25, 0.3) is 0 Å². The molecule has 2 aromatic rings. The van der Waals surface area contributed by atoms with Crippen LogP contribution in [0.5, 0.6) is 0 Å². The molecule has 4 heteroatoms. The maximum Gasteiger partial charge on any atom is 0.229 e. The van der Waals surface area contributed by atoms with Gasteiger partial charge in [0.1, 0.15) is 0 Å². The number of benzene rings is 2. The third-order valence-corrected chi connectivity index (χ3v) is 4.53. The van der Waals surface area contributed by atoms with Gasteiger partial charge in [0.05, 0.1) is 18.4 Å². The molecule has 2 heterocycles. The van der Waals surface area contributed by atoms with E-state index in [1.54, 1.807) is 0 Å². The van der Waals surface area contributed by atoms with Crippen molar-refractivity contribution >= 4 is 23.2 Å². The minimum absolute atomic E-state index is 0.171. The highest BCUT2D eigenvalue weighted by molar-refractivity contribution is 6.30. The molecule has 106 valence electrons. The first-order valence-electron chi connectivity index (χ1n) is 7.13. The molecule has 0 aliphatic carbocycles. The van der Waals surface area contributed by atoms with E-state index in [4.69, 9.17) is 11.6 Å². The molecule has 2 aliphatic heterocycles. The zero-order valence-corrected chi connectivity index (χ0v) is 12.3. The number of anilines is 1. The number of hydrogen-bond donors (Lipinski definition) is 0. The molecule has 0 N–H and O–H groups in total. The Morgan fingerprint density at radius 3 is 2.71 bits per heavy atom. The first-order chi connectivity index (χ1) is 10.2. The minimum atomic E-state index is 0.171. The molecule has 3 nitrogen and oxygen atoms in total. The van der Waals surface area contributed by atoms with Crippen molar-refractivity contribution in [2.75, 3.05) is 18.1 Å². The summed E-state index contributed by atoms with van der Waals surface area (Å²) in [6.45, 7) is 1.45. The third kappa shape index (κ3) is 2.04. The maximum atomic E-state index is 12.2. The molecule has 1 fully saturated rings. The van der Waals surface area contributed by atoms with Crippen LogP contribution in [0.4, 0.5) is 5.69 Å². The van der Waals surface area contributed by atoms with Crippen LogP contribution in [0.25, 0.3) is 0 Å². The van der Waals surface area contributed by atoms with Crippen molar-refractivity contribution in [2.45, 2.75) is 12.5 Å². The van der Waals surface area contributed by atoms with Crippen LogP contribution >= 0.6 is 11.6 Å². The lowest BCUT2D eigenvalue weighted by Crippen LogP contribution is -2.53. The van der Waals surface area contributed by atoms with Crippen LogP contribution in [0.1, 0.15) is 23.6 Å². The van der Waals surface area contributed by atoms with Crippen molar-refractivity contribution in [3.63, 3.8) is 0 Å². The molecule has 0 aromatic heterocycles. The molecule has 2 unspecified atom stereocenters. The Labute approximate surface area is 128 Å². The van der Waals surface area contributed by atoms with E-state index in [9.17, 15) is 4.79 Å². The van der Waals surface area contributed by atoms with E-state index >= 15 is 0 Å². The highest BCUT2D eigenvalue weighted by atomic mass is 35.5. The van der Waals surface area contributed by atoms with Crippen LogP contribution in [0, 0.1) is 0 Å². The van der Waals surface area contributed by atoms with Gasteiger partial charge in [0, 0.05) is 18.0 Å². The van der Waals surface area contributed by atoms with Crippen molar-refractivity contribution < 1.29 is 4.79 Å². The van der Waals surface area contributed by atoms with Gasteiger partial charge in [-0.05, 0) is 29.3 Å². The SMILES string of the molecule is O=C1CCN2CN1c1ccc(Cl)cc1C2c1ccccc1. The average Bonchev–Trinajstić information content (AvgIpc) is 2.51. The summed E-state index contributed by atoms with van der Waals surface area (Å²) in [5.41, 5.74) is 3.36. The number of nitrogens with zero attached hydrogens (tertiary/aromatic N) is 2. The first-order valence-corrected chi connectivity index (χ1v) is 7.50. The highest BCUT2D eigenvalue weighted by Gasteiger charge is 2.38. The summed E-state index contributed by atoms with van der Waals surface area (Å²) in [7, 11) is 0. The Kier molecular flexibility index (Phi) is 2.98. The Morgan fingerprint density at radius 2 is 1.90 bits per heavy atom. The van der Waals surface area contributed by atoms with Gasteiger partial charge in [-0.3, -0.25) is 14.6 Å². The van der Waals surface area contributed by atoms with Crippen molar-refractivity contribution in [3.05, 3.63) is 64.7 Å². The molecule has 2 aromatic carbocycles. The number of fused-ring (bicyclic) bond motifs is 4. The minimum Gasteiger partial charge on any atom is -0.299 e. The predicted molar refractivity (Wildman–Crippen MR) is 83.4 cm³/mol. The first kappa shape index (κ1) is 12.9. The molecule has 0 saturated carbocycles. The second kappa shape index (κ2) is 4.86. The quantitative estimate of drug-likeness (QED) is 0.805. The molecule has 2 aliphatic rings. The van der Waals surface area contributed by atoms with Crippen molar-refractivity contribution in [3.8, 4) is 0 Å². The Balaban J connectivity index is 1.91. The van der Waals surface area contributed by atoms with Gasteiger partial charge in [-0.2, -0.15) is 0 Å². The van der Waals surface area contributed by atoms with E-state index in [-0.39, 0.29) is 11.9 Å². The third-order valence-electron chi connectivity index (χ3n) is 4.29. The van der Waals surface area contributed by atoms with Gasteiger partial charge in [-0.15, -0.1) is 0 Å². The molecule has 0 radical (unpaired) electrons. The summed E-state index contributed by atoms with van der Waals surface area (Å²) < 4.78 is 0. The molecule has 21 heavy (non-hydrogen) atoms. The number of hydrogen-bond acceptors (Lipinski definition) is 2. The fourth-order valence-corrected chi connectivity index (χ4v) is 3.52. The van der Waals surface area contributed by atoms with E-state index < -0.39 is 0 Å². The van der Waals surface area contributed by atoms with Crippen molar-refractivity contribution in [1.82, 2.24) is 4.90 Å². The summed E-state index contributed by atoms with van der Waals surface area (Å²) in [5, 5.41) is 0.713. The van der Waals surface area contributed by atoms with E-state index in [0.717, 1.165) is 17.8 Å². The average molecular weight is 299 g/mol. The summed E-state index contributed by atoms with van der Waals surface area (Å²) >= 11 is 6.20. The van der Waals surface area contributed by atoms with E-state index in [1.165, 1.54) is 5.56 Å². The summed E-state index contributed by atoms with van der Waals surface area (Å²) in [6.07, 6.45) is 0.575. The van der Waals surface area contributed by atoms with E-state index in [0.29, 0.717) is 18.1 Å². The molecular formula is C17H15ClN2O. The predicted octanol–water partition coefficient (Wildman–Crippen LogP) is 3.44. The Morgan fingerprint density at radius 1 is 1.10 bits per heavy atom. The fourth-order valence-electron chi connectivity index (χ4n) is 3.34. The smallest absolute Gasteiger partial charge is 0.229 e. The monoisotopic (exact) mass is 298 g/mol. The molecular weight excluding hydrogens is 284 g/mol. The van der Waals surface area contributed by atoms with Gasteiger partial charge in [0.2, 0.25) is 5.91 Å². The van der Waals surface area contributed by atoms with E-state index in [1.807, 2.05) is 29.2 Å². The van der Waals surface area contributed by atoms with Crippen LogP contribution in [0.2, 0.25) is 5.02 Å². The lowest BCUT2D eigenvalue weighted by molar-refractivity contribution is -0.121. The van der Waals surface area contributed by atoms with Crippen LogP contribution in [-0.2, 0) is 4.79 Å². The van der Waals surface area contributed by atoms with Gasteiger partial charge in [-0.25, -0.2) is 0 Å². The standard InChI is InChI=1S/C17H15ClN2O/c18-13-6-7-15-14(10-13)17(12-4-2-1-3-5-12)19-9-8-16(21)20(15)11-19/h1-7,10,17H,8-9,11H2. The summed E-state index contributed by atoms with van der Waals surface area (Å²) in [5.74, 6) is 0.196. The number of halogens is 1. The van der Waals surface area contributed by atoms with Crippen LogP contribution in [0.15, 0.2) is 48.5 Å². The van der Waals surface area contributed by atoms with Gasteiger partial charge in [0.15, 0.2) is 0 Å². The molecule has 2 atom stereocenters. The number of amides is 1. The normalized spacial score (nSPS) is 23.9. The van der Waals surface area contributed by atoms with Crippen molar-refractivity contribution in [1.29, 1.82) is 0 Å².